The van der Waals surface area contributed by atoms with Crippen LogP contribution in [-0.2, 0) is 4.79 Å². The molecule has 2 rings (SSSR count). The van der Waals surface area contributed by atoms with E-state index < -0.39 is 0 Å². The lowest BCUT2D eigenvalue weighted by Crippen LogP contribution is -2.31. The van der Waals surface area contributed by atoms with Crippen LogP contribution in [-0.4, -0.2) is 19.6 Å². The number of rotatable bonds is 6. The Morgan fingerprint density at radius 1 is 1.12 bits per heavy atom. The van der Waals surface area contributed by atoms with Crippen LogP contribution in [0.3, 0.4) is 0 Å². The van der Waals surface area contributed by atoms with Crippen molar-refractivity contribution in [2.75, 3.05) is 13.7 Å². The second kappa shape index (κ2) is 7.86. The van der Waals surface area contributed by atoms with Crippen LogP contribution in [0, 0.1) is 20.8 Å². The van der Waals surface area contributed by atoms with Crippen molar-refractivity contribution in [3.05, 3.63) is 58.7 Å². The standard InChI is InChI=1S/C20H25NO3/c1-13-10-14(2)15(3)19(11-13)24-12-20(22)21-16(4)17-6-8-18(23-5)9-7-17/h6-11,16H,12H2,1-5H3,(H,21,22)/t16-/m0/s1. The monoisotopic (exact) mass is 327 g/mol. The molecule has 1 amide bonds. The molecule has 2 aromatic rings. The summed E-state index contributed by atoms with van der Waals surface area (Å²) in [6.07, 6.45) is 0. The van der Waals surface area contributed by atoms with Gasteiger partial charge in [0.15, 0.2) is 6.61 Å². The predicted molar refractivity (Wildman–Crippen MR) is 95.7 cm³/mol. The van der Waals surface area contributed by atoms with Crippen LogP contribution in [0.2, 0.25) is 0 Å². The number of benzene rings is 2. The van der Waals surface area contributed by atoms with E-state index in [0.717, 1.165) is 33.8 Å². The highest BCUT2D eigenvalue weighted by molar-refractivity contribution is 5.78. The molecular weight excluding hydrogens is 302 g/mol. The fourth-order valence-electron chi connectivity index (χ4n) is 2.55. The van der Waals surface area contributed by atoms with E-state index in [2.05, 4.69) is 11.4 Å². The van der Waals surface area contributed by atoms with Gasteiger partial charge in [0.2, 0.25) is 0 Å². The summed E-state index contributed by atoms with van der Waals surface area (Å²) in [5.74, 6) is 1.42. The molecule has 0 aliphatic carbocycles. The molecule has 0 bridgehead atoms. The molecule has 0 radical (unpaired) electrons. The molecule has 0 heterocycles. The van der Waals surface area contributed by atoms with Gasteiger partial charge in [-0.1, -0.05) is 18.2 Å². The maximum atomic E-state index is 12.1. The second-order valence-electron chi connectivity index (χ2n) is 6.06. The normalized spacial score (nSPS) is 11.7. The molecule has 0 spiro atoms. The lowest BCUT2D eigenvalue weighted by atomic mass is 10.1. The first-order valence-corrected chi connectivity index (χ1v) is 8.04. The summed E-state index contributed by atoms with van der Waals surface area (Å²) in [6.45, 7) is 8.01. The van der Waals surface area contributed by atoms with Crippen molar-refractivity contribution >= 4 is 5.91 Å². The number of hydrogen-bond acceptors (Lipinski definition) is 3. The molecule has 0 unspecified atom stereocenters. The van der Waals surface area contributed by atoms with Crippen molar-refractivity contribution in [3.63, 3.8) is 0 Å². The Morgan fingerprint density at radius 2 is 1.79 bits per heavy atom. The number of methoxy groups -OCH3 is 1. The van der Waals surface area contributed by atoms with E-state index >= 15 is 0 Å². The van der Waals surface area contributed by atoms with E-state index in [9.17, 15) is 4.79 Å². The third-order valence-electron chi connectivity index (χ3n) is 4.12. The maximum absolute atomic E-state index is 12.1. The summed E-state index contributed by atoms with van der Waals surface area (Å²) in [7, 11) is 1.63. The molecule has 4 nitrogen and oxygen atoms in total. The Bertz CT molecular complexity index is 708. The Hall–Kier alpha value is -2.49. The maximum Gasteiger partial charge on any atom is 0.258 e. The number of ether oxygens (including phenoxy) is 2. The third-order valence-corrected chi connectivity index (χ3v) is 4.12. The Labute approximate surface area is 143 Å². The van der Waals surface area contributed by atoms with Crippen LogP contribution < -0.4 is 14.8 Å². The van der Waals surface area contributed by atoms with Gasteiger partial charge in [-0.15, -0.1) is 0 Å². The highest BCUT2D eigenvalue weighted by Crippen LogP contribution is 2.23. The molecule has 0 aliphatic rings. The quantitative estimate of drug-likeness (QED) is 0.876. The molecule has 0 aliphatic heterocycles. The van der Waals surface area contributed by atoms with Crippen LogP contribution in [0.1, 0.15) is 35.2 Å². The van der Waals surface area contributed by atoms with Crippen LogP contribution in [0.5, 0.6) is 11.5 Å². The Balaban J connectivity index is 1.93. The molecule has 0 aromatic heterocycles. The number of aryl methyl sites for hydroxylation is 2. The zero-order valence-corrected chi connectivity index (χ0v) is 15.0. The van der Waals surface area contributed by atoms with Crippen molar-refractivity contribution < 1.29 is 14.3 Å². The largest absolute Gasteiger partial charge is 0.497 e. The first kappa shape index (κ1) is 17.9. The zero-order chi connectivity index (χ0) is 17.7. The first-order valence-electron chi connectivity index (χ1n) is 8.04. The highest BCUT2D eigenvalue weighted by Gasteiger charge is 2.11. The fraction of sp³-hybridized carbons (Fsp3) is 0.350. The second-order valence-corrected chi connectivity index (χ2v) is 6.06. The van der Waals surface area contributed by atoms with E-state index in [1.165, 1.54) is 0 Å². The topological polar surface area (TPSA) is 47.6 Å². The molecule has 1 atom stereocenters. The van der Waals surface area contributed by atoms with Gasteiger partial charge in [0, 0.05) is 0 Å². The summed E-state index contributed by atoms with van der Waals surface area (Å²) in [6, 6.07) is 11.6. The summed E-state index contributed by atoms with van der Waals surface area (Å²) in [5, 5.41) is 2.95. The first-order chi connectivity index (χ1) is 11.4. The third kappa shape index (κ3) is 4.51. The highest BCUT2D eigenvalue weighted by atomic mass is 16.5. The van der Waals surface area contributed by atoms with Crippen molar-refractivity contribution in [2.24, 2.45) is 0 Å². The molecular formula is C20H25NO3. The average Bonchev–Trinajstić information content (AvgIpc) is 2.56. The number of amides is 1. The number of carbonyl (C=O) groups is 1. The van der Waals surface area contributed by atoms with Crippen molar-refractivity contribution in [1.29, 1.82) is 0 Å². The summed E-state index contributed by atoms with van der Waals surface area (Å²) < 4.78 is 10.8. The Morgan fingerprint density at radius 3 is 2.42 bits per heavy atom. The van der Waals surface area contributed by atoms with Gasteiger partial charge in [0.1, 0.15) is 11.5 Å². The van der Waals surface area contributed by atoms with E-state index in [0.29, 0.717) is 0 Å². The lowest BCUT2D eigenvalue weighted by molar-refractivity contribution is -0.123. The van der Waals surface area contributed by atoms with Crippen LogP contribution in [0.4, 0.5) is 0 Å². The minimum atomic E-state index is -0.142. The number of nitrogens with one attached hydrogen (secondary N) is 1. The summed E-state index contributed by atoms with van der Waals surface area (Å²) in [5.41, 5.74) is 4.38. The van der Waals surface area contributed by atoms with Gasteiger partial charge in [-0.05, 0) is 68.1 Å². The van der Waals surface area contributed by atoms with Gasteiger partial charge >= 0.3 is 0 Å². The zero-order valence-electron chi connectivity index (χ0n) is 15.0. The SMILES string of the molecule is COc1ccc([C@H](C)NC(=O)COc2cc(C)cc(C)c2C)cc1. The predicted octanol–water partition coefficient (Wildman–Crippen LogP) is 3.88. The molecule has 0 saturated heterocycles. The summed E-state index contributed by atoms with van der Waals surface area (Å²) in [4.78, 5) is 12.1. The minimum Gasteiger partial charge on any atom is -0.497 e. The van der Waals surface area contributed by atoms with E-state index in [4.69, 9.17) is 9.47 Å². The average molecular weight is 327 g/mol. The van der Waals surface area contributed by atoms with Crippen LogP contribution in [0.25, 0.3) is 0 Å². The lowest BCUT2D eigenvalue weighted by Gasteiger charge is -2.16. The van der Waals surface area contributed by atoms with Crippen molar-refractivity contribution in [1.82, 2.24) is 5.32 Å². The van der Waals surface area contributed by atoms with Gasteiger partial charge in [-0.3, -0.25) is 4.79 Å². The van der Waals surface area contributed by atoms with E-state index in [-0.39, 0.29) is 18.6 Å². The molecule has 128 valence electrons. The molecule has 0 fully saturated rings. The van der Waals surface area contributed by atoms with E-state index in [1.807, 2.05) is 58.0 Å². The smallest absolute Gasteiger partial charge is 0.258 e. The van der Waals surface area contributed by atoms with Gasteiger partial charge < -0.3 is 14.8 Å². The summed E-state index contributed by atoms with van der Waals surface area (Å²) >= 11 is 0. The number of hydrogen-bond donors (Lipinski definition) is 1. The van der Waals surface area contributed by atoms with Gasteiger partial charge in [0.05, 0.1) is 13.2 Å². The van der Waals surface area contributed by atoms with Crippen molar-refractivity contribution in [2.45, 2.75) is 33.7 Å². The van der Waals surface area contributed by atoms with Gasteiger partial charge in [0.25, 0.3) is 5.91 Å². The van der Waals surface area contributed by atoms with E-state index in [1.54, 1.807) is 7.11 Å². The van der Waals surface area contributed by atoms with Gasteiger partial charge in [-0.2, -0.15) is 0 Å². The molecule has 24 heavy (non-hydrogen) atoms. The number of carbonyl (C=O) groups excluding carboxylic acids is 1. The van der Waals surface area contributed by atoms with Crippen LogP contribution >= 0.6 is 0 Å². The van der Waals surface area contributed by atoms with Crippen LogP contribution in [0.15, 0.2) is 36.4 Å². The Kier molecular flexibility index (Phi) is 5.85. The van der Waals surface area contributed by atoms with Gasteiger partial charge in [-0.25, -0.2) is 0 Å². The molecule has 2 aromatic carbocycles. The minimum absolute atomic E-state index is 0.00419. The molecule has 4 heteroatoms. The fourth-order valence-corrected chi connectivity index (χ4v) is 2.55. The molecule has 1 N–H and O–H groups in total. The molecule has 0 saturated carbocycles. The van der Waals surface area contributed by atoms with Crippen molar-refractivity contribution in [3.8, 4) is 11.5 Å².